The summed E-state index contributed by atoms with van der Waals surface area (Å²) < 4.78 is 10.9. The van der Waals surface area contributed by atoms with Crippen molar-refractivity contribution in [3.63, 3.8) is 0 Å². The van der Waals surface area contributed by atoms with Gasteiger partial charge in [0.2, 0.25) is 11.7 Å². The molecule has 0 spiro atoms. The maximum atomic E-state index is 11.1. The molecule has 1 saturated heterocycles. The molecule has 0 bridgehead atoms. The third-order valence-corrected chi connectivity index (χ3v) is 6.58. The first-order valence-corrected chi connectivity index (χ1v) is 12.6. The monoisotopic (exact) mass is 505 g/mol. The van der Waals surface area contributed by atoms with Crippen LogP contribution in [0.1, 0.15) is 38.1 Å². The molecule has 4 rings (SSSR count). The zero-order valence-electron chi connectivity index (χ0n) is 21.7. The topological polar surface area (TPSA) is 113 Å². The van der Waals surface area contributed by atoms with Crippen molar-refractivity contribution in [2.24, 2.45) is 5.92 Å². The van der Waals surface area contributed by atoms with Gasteiger partial charge in [-0.05, 0) is 56.4 Å². The van der Waals surface area contributed by atoms with Crippen LogP contribution < -0.4 is 10.6 Å². The van der Waals surface area contributed by atoms with Crippen LogP contribution in [-0.4, -0.2) is 52.4 Å². The normalized spacial score (nSPS) is 17.1. The minimum Gasteiger partial charge on any atom is -0.498 e. The molecule has 2 aliphatic heterocycles. The molecule has 2 aromatic rings. The van der Waals surface area contributed by atoms with E-state index in [2.05, 4.69) is 50.0 Å². The van der Waals surface area contributed by atoms with Crippen molar-refractivity contribution in [3.05, 3.63) is 82.9 Å². The SMILES string of the molecule is C/C=C(\C=C(/C)OCC1CCN(C2=CC=C(NCc3ccc(-c4noc(C)n4)cc3)CN2)CC1)C(=O)O. The number of hydrogen-bond donors (Lipinski definition) is 3. The lowest BCUT2D eigenvalue weighted by molar-refractivity contribution is -0.132. The summed E-state index contributed by atoms with van der Waals surface area (Å²) in [6, 6.07) is 8.16. The van der Waals surface area contributed by atoms with E-state index in [0.717, 1.165) is 56.1 Å². The van der Waals surface area contributed by atoms with Crippen LogP contribution >= 0.6 is 0 Å². The average molecular weight is 506 g/mol. The lowest BCUT2D eigenvalue weighted by atomic mass is 9.97. The largest absolute Gasteiger partial charge is 0.498 e. The molecule has 196 valence electrons. The fraction of sp³-hybridized carbons (Fsp3) is 0.393. The van der Waals surface area contributed by atoms with Crippen molar-refractivity contribution in [1.82, 2.24) is 25.7 Å². The predicted octanol–water partition coefficient (Wildman–Crippen LogP) is 4.13. The Morgan fingerprint density at radius 2 is 2.03 bits per heavy atom. The maximum Gasteiger partial charge on any atom is 0.335 e. The predicted molar refractivity (Wildman–Crippen MR) is 141 cm³/mol. The number of aliphatic carboxylic acids is 1. The smallest absolute Gasteiger partial charge is 0.335 e. The molecular formula is C28H35N5O4. The van der Waals surface area contributed by atoms with E-state index in [1.54, 1.807) is 26.0 Å². The van der Waals surface area contributed by atoms with E-state index in [1.807, 2.05) is 19.1 Å². The van der Waals surface area contributed by atoms with Crippen molar-refractivity contribution < 1.29 is 19.2 Å². The number of nitrogens with zero attached hydrogens (tertiary/aromatic N) is 3. The summed E-state index contributed by atoms with van der Waals surface area (Å²) >= 11 is 0. The van der Waals surface area contributed by atoms with Gasteiger partial charge < -0.3 is 29.9 Å². The number of carboxylic acids is 1. The van der Waals surface area contributed by atoms with Crippen LogP contribution in [0.2, 0.25) is 0 Å². The summed E-state index contributed by atoms with van der Waals surface area (Å²) in [6.07, 6.45) is 9.52. The summed E-state index contributed by atoms with van der Waals surface area (Å²) in [6.45, 7) is 9.35. The molecule has 3 N–H and O–H groups in total. The summed E-state index contributed by atoms with van der Waals surface area (Å²) in [5.74, 6) is 2.48. The van der Waals surface area contributed by atoms with E-state index in [1.165, 1.54) is 5.56 Å². The molecule has 37 heavy (non-hydrogen) atoms. The Morgan fingerprint density at radius 1 is 1.27 bits per heavy atom. The Labute approximate surface area is 217 Å². The number of nitrogens with one attached hydrogen (secondary N) is 2. The Kier molecular flexibility index (Phi) is 8.66. The molecule has 1 aromatic carbocycles. The number of aromatic nitrogens is 2. The number of rotatable bonds is 10. The molecule has 0 atom stereocenters. The van der Waals surface area contributed by atoms with Crippen molar-refractivity contribution in [3.8, 4) is 11.4 Å². The van der Waals surface area contributed by atoms with Crippen LogP contribution in [0.4, 0.5) is 0 Å². The van der Waals surface area contributed by atoms with E-state index < -0.39 is 5.97 Å². The number of aryl methyl sites for hydroxylation is 1. The van der Waals surface area contributed by atoms with Crippen LogP contribution in [0, 0.1) is 12.8 Å². The van der Waals surface area contributed by atoms with E-state index in [9.17, 15) is 4.79 Å². The van der Waals surface area contributed by atoms with Crippen LogP contribution in [0.3, 0.4) is 0 Å². The Balaban J connectivity index is 1.20. The number of carbonyl (C=O) groups is 1. The van der Waals surface area contributed by atoms with Gasteiger partial charge in [-0.2, -0.15) is 4.98 Å². The second-order valence-electron chi connectivity index (χ2n) is 9.33. The summed E-state index contributed by atoms with van der Waals surface area (Å²) in [5, 5.41) is 20.1. The molecule has 0 aliphatic carbocycles. The Bertz CT molecular complexity index is 1200. The first-order valence-electron chi connectivity index (χ1n) is 12.6. The number of ether oxygens (including phenoxy) is 1. The van der Waals surface area contributed by atoms with Gasteiger partial charge in [-0.15, -0.1) is 0 Å². The Hall–Kier alpha value is -4.01. The lowest BCUT2D eigenvalue weighted by Crippen LogP contribution is -2.41. The molecule has 1 aromatic heterocycles. The maximum absolute atomic E-state index is 11.1. The molecule has 3 heterocycles. The molecule has 0 amide bonds. The van der Waals surface area contributed by atoms with Crippen LogP contribution in [0.25, 0.3) is 11.4 Å². The first-order chi connectivity index (χ1) is 17.9. The third-order valence-electron chi connectivity index (χ3n) is 6.58. The minimum absolute atomic E-state index is 0.248. The molecule has 0 saturated carbocycles. The molecule has 0 unspecified atom stereocenters. The molecule has 0 radical (unpaired) electrons. The van der Waals surface area contributed by atoms with Crippen molar-refractivity contribution in [2.45, 2.75) is 40.2 Å². The van der Waals surface area contributed by atoms with Gasteiger partial charge >= 0.3 is 5.97 Å². The number of piperidine rings is 1. The third kappa shape index (κ3) is 7.25. The van der Waals surface area contributed by atoms with Crippen molar-refractivity contribution in [2.75, 3.05) is 26.2 Å². The average Bonchev–Trinajstić information content (AvgIpc) is 3.36. The highest BCUT2D eigenvalue weighted by Gasteiger charge is 2.22. The van der Waals surface area contributed by atoms with Gasteiger partial charge in [0.1, 0.15) is 5.82 Å². The van der Waals surface area contributed by atoms with Crippen LogP contribution in [0.5, 0.6) is 0 Å². The number of carboxylic acid groups (broad SMARTS) is 1. The van der Waals surface area contributed by atoms with Gasteiger partial charge in [0.05, 0.1) is 24.5 Å². The molecule has 2 aliphatic rings. The molecule has 9 nitrogen and oxygen atoms in total. The van der Waals surface area contributed by atoms with Gasteiger partial charge in [-0.1, -0.05) is 35.5 Å². The quantitative estimate of drug-likeness (QED) is 0.249. The van der Waals surface area contributed by atoms with Crippen molar-refractivity contribution in [1.29, 1.82) is 0 Å². The second-order valence-corrected chi connectivity index (χ2v) is 9.33. The number of benzene rings is 1. The number of dihydropyridines is 1. The highest BCUT2D eigenvalue weighted by atomic mass is 16.5. The van der Waals surface area contributed by atoms with Crippen molar-refractivity contribution >= 4 is 5.97 Å². The molecular weight excluding hydrogens is 470 g/mol. The van der Waals surface area contributed by atoms with Gasteiger partial charge in [-0.3, -0.25) is 0 Å². The Morgan fingerprint density at radius 3 is 2.62 bits per heavy atom. The number of hydrogen-bond acceptors (Lipinski definition) is 8. The first kappa shape index (κ1) is 26.1. The lowest BCUT2D eigenvalue weighted by Gasteiger charge is -2.36. The standard InChI is InChI=1S/C28H35N5O4/c1-4-23(28(34)35)15-19(2)36-18-22-11-13-33(14-12-22)26-10-9-25(17-30-26)29-16-21-5-7-24(8-6-21)27-31-20(3)37-32-27/h4-10,15,22,29-30H,11-14,16-18H2,1-3H3,(H,34,35)/b19-15+,23-4+. The second kappa shape index (κ2) is 12.3. The van der Waals surface area contributed by atoms with E-state index in [4.69, 9.17) is 14.4 Å². The van der Waals surface area contributed by atoms with Gasteiger partial charge in [0, 0.05) is 37.8 Å². The summed E-state index contributed by atoms with van der Waals surface area (Å²) in [5.41, 5.74) is 3.51. The zero-order valence-corrected chi connectivity index (χ0v) is 21.7. The van der Waals surface area contributed by atoms with Gasteiger partial charge in [-0.25, -0.2) is 4.79 Å². The molecule has 9 heteroatoms. The van der Waals surface area contributed by atoms with E-state index in [-0.39, 0.29) is 5.57 Å². The zero-order chi connectivity index (χ0) is 26.2. The minimum atomic E-state index is -0.940. The fourth-order valence-corrected chi connectivity index (χ4v) is 4.34. The number of allylic oxidation sites excluding steroid dienone is 4. The van der Waals surface area contributed by atoms with E-state index >= 15 is 0 Å². The van der Waals surface area contributed by atoms with Gasteiger partial charge in [0.25, 0.3) is 0 Å². The molecule has 1 fully saturated rings. The highest BCUT2D eigenvalue weighted by molar-refractivity contribution is 5.89. The van der Waals surface area contributed by atoms with Crippen LogP contribution in [-0.2, 0) is 16.1 Å². The summed E-state index contributed by atoms with van der Waals surface area (Å²) in [7, 11) is 0. The summed E-state index contributed by atoms with van der Waals surface area (Å²) in [4.78, 5) is 17.8. The van der Waals surface area contributed by atoms with E-state index in [0.29, 0.717) is 30.0 Å². The van der Waals surface area contributed by atoms with Gasteiger partial charge in [0.15, 0.2) is 0 Å². The van der Waals surface area contributed by atoms with Crippen LogP contribution in [0.15, 0.2) is 75.9 Å². The fourth-order valence-electron chi connectivity index (χ4n) is 4.34. The highest BCUT2D eigenvalue weighted by Crippen LogP contribution is 2.22. The number of likely N-dealkylation sites (tertiary alicyclic amines) is 1.